The minimum absolute atomic E-state index is 0.875. The van der Waals surface area contributed by atoms with Crippen molar-refractivity contribution < 1.29 is 4.42 Å². The van der Waals surface area contributed by atoms with E-state index in [0.29, 0.717) is 0 Å². The SMILES string of the molecule is CCNc1ccc2ccc3occc3c2n1. The van der Waals surface area contributed by atoms with E-state index in [4.69, 9.17) is 4.42 Å². The fraction of sp³-hybridized carbons (Fsp3) is 0.154. The van der Waals surface area contributed by atoms with E-state index in [1.165, 1.54) is 0 Å². The average Bonchev–Trinajstić information content (AvgIpc) is 2.78. The largest absolute Gasteiger partial charge is 0.464 e. The van der Waals surface area contributed by atoms with Gasteiger partial charge in [-0.3, -0.25) is 0 Å². The molecular formula is C13H12N2O. The molecule has 0 aliphatic carbocycles. The predicted octanol–water partition coefficient (Wildman–Crippen LogP) is 3.41. The molecule has 1 N–H and O–H groups in total. The summed E-state index contributed by atoms with van der Waals surface area (Å²) in [6.45, 7) is 2.93. The van der Waals surface area contributed by atoms with Crippen LogP contribution in [0.15, 0.2) is 41.0 Å². The van der Waals surface area contributed by atoms with Crippen LogP contribution in [0.3, 0.4) is 0 Å². The molecule has 0 saturated heterocycles. The van der Waals surface area contributed by atoms with Gasteiger partial charge in [0, 0.05) is 17.3 Å². The number of hydrogen-bond donors (Lipinski definition) is 1. The summed E-state index contributed by atoms with van der Waals surface area (Å²) in [5.74, 6) is 0.906. The molecule has 2 heterocycles. The monoisotopic (exact) mass is 212 g/mol. The maximum atomic E-state index is 5.37. The van der Waals surface area contributed by atoms with Crippen molar-refractivity contribution in [2.24, 2.45) is 0 Å². The lowest BCUT2D eigenvalue weighted by Gasteiger charge is -2.04. The van der Waals surface area contributed by atoms with E-state index in [1.807, 2.05) is 24.3 Å². The van der Waals surface area contributed by atoms with Crippen LogP contribution in [-0.4, -0.2) is 11.5 Å². The fourth-order valence-corrected chi connectivity index (χ4v) is 1.91. The summed E-state index contributed by atoms with van der Waals surface area (Å²) < 4.78 is 5.37. The molecule has 3 aromatic rings. The molecule has 0 aliphatic rings. The number of hydrogen-bond acceptors (Lipinski definition) is 3. The molecule has 0 aliphatic heterocycles. The summed E-state index contributed by atoms with van der Waals surface area (Å²) in [5.41, 5.74) is 1.87. The Balaban J connectivity index is 2.33. The van der Waals surface area contributed by atoms with E-state index in [1.54, 1.807) is 6.26 Å². The fourth-order valence-electron chi connectivity index (χ4n) is 1.91. The van der Waals surface area contributed by atoms with Crippen LogP contribution in [0.2, 0.25) is 0 Å². The highest BCUT2D eigenvalue weighted by molar-refractivity contribution is 6.03. The van der Waals surface area contributed by atoms with Crippen molar-refractivity contribution in [1.29, 1.82) is 0 Å². The van der Waals surface area contributed by atoms with Gasteiger partial charge in [0.25, 0.3) is 0 Å². The molecule has 0 fully saturated rings. The highest BCUT2D eigenvalue weighted by Gasteiger charge is 2.04. The van der Waals surface area contributed by atoms with Crippen LogP contribution >= 0.6 is 0 Å². The van der Waals surface area contributed by atoms with E-state index in [0.717, 1.165) is 34.2 Å². The topological polar surface area (TPSA) is 38.1 Å². The third kappa shape index (κ3) is 1.33. The van der Waals surface area contributed by atoms with Gasteiger partial charge in [-0.25, -0.2) is 4.98 Å². The van der Waals surface area contributed by atoms with E-state index < -0.39 is 0 Å². The first-order valence-electron chi connectivity index (χ1n) is 5.39. The maximum absolute atomic E-state index is 5.37. The zero-order valence-corrected chi connectivity index (χ0v) is 9.03. The molecular weight excluding hydrogens is 200 g/mol. The summed E-state index contributed by atoms with van der Waals surface area (Å²) in [4.78, 5) is 4.59. The highest BCUT2D eigenvalue weighted by atomic mass is 16.3. The number of aromatic nitrogens is 1. The second kappa shape index (κ2) is 3.52. The van der Waals surface area contributed by atoms with E-state index in [2.05, 4.69) is 23.3 Å². The van der Waals surface area contributed by atoms with Gasteiger partial charge in [0.2, 0.25) is 0 Å². The number of benzene rings is 1. The maximum Gasteiger partial charge on any atom is 0.136 e. The molecule has 0 spiro atoms. The van der Waals surface area contributed by atoms with Gasteiger partial charge in [-0.1, -0.05) is 0 Å². The third-order valence-electron chi connectivity index (χ3n) is 2.65. The number of pyridine rings is 1. The molecule has 80 valence electrons. The Hall–Kier alpha value is -2.03. The number of nitrogens with one attached hydrogen (secondary N) is 1. The van der Waals surface area contributed by atoms with Gasteiger partial charge in [0.1, 0.15) is 11.4 Å². The standard InChI is InChI=1S/C13H12N2O/c1-2-14-12-6-4-9-3-5-11-10(7-8-16-11)13(9)15-12/h3-8H,2H2,1H3,(H,14,15). The van der Waals surface area contributed by atoms with Crippen molar-refractivity contribution in [2.75, 3.05) is 11.9 Å². The number of fused-ring (bicyclic) bond motifs is 3. The van der Waals surface area contributed by atoms with Crippen LogP contribution in [0, 0.1) is 0 Å². The zero-order chi connectivity index (χ0) is 11.0. The Morgan fingerprint density at radius 2 is 2.06 bits per heavy atom. The Bertz CT molecular complexity index is 643. The molecule has 2 aromatic heterocycles. The molecule has 0 amide bonds. The van der Waals surface area contributed by atoms with Gasteiger partial charge in [0.05, 0.1) is 11.8 Å². The lowest BCUT2D eigenvalue weighted by molar-refractivity contribution is 0.616. The van der Waals surface area contributed by atoms with Crippen LogP contribution in [0.25, 0.3) is 21.9 Å². The highest BCUT2D eigenvalue weighted by Crippen LogP contribution is 2.25. The second-order valence-electron chi connectivity index (χ2n) is 3.70. The molecule has 3 rings (SSSR count). The Labute approximate surface area is 93.1 Å². The minimum Gasteiger partial charge on any atom is -0.464 e. The Morgan fingerprint density at radius 1 is 1.19 bits per heavy atom. The zero-order valence-electron chi connectivity index (χ0n) is 9.03. The summed E-state index contributed by atoms with van der Waals surface area (Å²) in [5, 5.41) is 5.42. The van der Waals surface area contributed by atoms with Gasteiger partial charge in [-0.2, -0.15) is 0 Å². The van der Waals surface area contributed by atoms with E-state index in [-0.39, 0.29) is 0 Å². The van der Waals surface area contributed by atoms with Gasteiger partial charge in [-0.15, -0.1) is 0 Å². The third-order valence-corrected chi connectivity index (χ3v) is 2.65. The van der Waals surface area contributed by atoms with E-state index in [9.17, 15) is 0 Å². The van der Waals surface area contributed by atoms with Crippen LogP contribution in [0.5, 0.6) is 0 Å². The second-order valence-corrected chi connectivity index (χ2v) is 3.70. The molecule has 0 radical (unpaired) electrons. The van der Waals surface area contributed by atoms with Crippen molar-refractivity contribution in [3.8, 4) is 0 Å². The summed E-state index contributed by atoms with van der Waals surface area (Å²) in [7, 11) is 0. The predicted molar refractivity (Wildman–Crippen MR) is 65.7 cm³/mol. The van der Waals surface area contributed by atoms with Crippen molar-refractivity contribution >= 4 is 27.7 Å². The first-order chi connectivity index (χ1) is 7.88. The van der Waals surface area contributed by atoms with Crippen molar-refractivity contribution in [1.82, 2.24) is 4.98 Å². The lowest BCUT2D eigenvalue weighted by Crippen LogP contribution is -1.98. The van der Waals surface area contributed by atoms with Crippen LogP contribution in [-0.2, 0) is 0 Å². The van der Waals surface area contributed by atoms with Gasteiger partial charge in [0.15, 0.2) is 0 Å². The Morgan fingerprint density at radius 3 is 2.94 bits per heavy atom. The summed E-state index contributed by atoms with van der Waals surface area (Å²) >= 11 is 0. The first kappa shape index (κ1) is 9.21. The lowest BCUT2D eigenvalue weighted by atomic mass is 10.1. The van der Waals surface area contributed by atoms with E-state index >= 15 is 0 Å². The first-order valence-corrected chi connectivity index (χ1v) is 5.39. The summed E-state index contributed by atoms with van der Waals surface area (Å²) in [6.07, 6.45) is 1.70. The normalized spacial score (nSPS) is 11.1. The van der Waals surface area contributed by atoms with Crippen LogP contribution in [0.4, 0.5) is 5.82 Å². The molecule has 0 atom stereocenters. The van der Waals surface area contributed by atoms with Crippen molar-refractivity contribution in [3.05, 3.63) is 36.6 Å². The van der Waals surface area contributed by atoms with Gasteiger partial charge in [-0.05, 0) is 37.3 Å². The molecule has 1 aromatic carbocycles. The average molecular weight is 212 g/mol. The molecule has 0 unspecified atom stereocenters. The smallest absolute Gasteiger partial charge is 0.136 e. The minimum atomic E-state index is 0.875. The van der Waals surface area contributed by atoms with Crippen LogP contribution < -0.4 is 5.32 Å². The molecule has 3 heteroatoms. The molecule has 0 bridgehead atoms. The van der Waals surface area contributed by atoms with Gasteiger partial charge < -0.3 is 9.73 Å². The number of furan rings is 1. The summed E-state index contributed by atoms with van der Waals surface area (Å²) in [6, 6.07) is 10.0. The number of anilines is 1. The molecule has 0 saturated carbocycles. The molecule has 3 nitrogen and oxygen atoms in total. The molecule has 16 heavy (non-hydrogen) atoms. The number of rotatable bonds is 2. The van der Waals surface area contributed by atoms with Crippen molar-refractivity contribution in [2.45, 2.75) is 6.92 Å². The van der Waals surface area contributed by atoms with Crippen molar-refractivity contribution in [3.63, 3.8) is 0 Å². The quantitative estimate of drug-likeness (QED) is 0.707. The van der Waals surface area contributed by atoms with Gasteiger partial charge >= 0.3 is 0 Å². The van der Waals surface area contributed by atoms with Crippen LogP contribution in [0.1, 0.15) is 6.92 Å². The number of nitrogens with zero attached hydrogens (tertiary/aromatic N) is 1. The Kier molecular flexibility index (Phi) is 2.03.